The maximum atomic E-state index is 13.2. The molecular formula is C29H41N3O3. The number of piperidine rings is 1. The van der Waals surface area contributed by atoms with Gasteiger partial charge in [0.2, 0.25) is 5.91 Å². The molecule has 0 atom stereocenters. The highest BCUT2D eigenvalue weighted by Crippen LogP contribution is 2.30. The van der Waals surface area contributed by atoms with E-state index in [1.807, 2.05) is 39.0 Å². The van der Waals surface area contributed by atoms with Crippen LogP contribution in [0.5, 0.6) is 0 Å². The van der Waals surface area contributed by atoms with Crippen molar-refractivity contribution in [3.63, 3.8) is 0 Å². The quantitative estimate of drug-likeness (QED) is 0.406. The molecule has 2 amide bonds. The van der Waals surface area contributed by atoms with Gasteiger partial charge in [0.05, 0.1) is 5.56 Å². The zero-order chi connectivity index (χ0) is 25.0. The monoisotopic (exact) mass is 479 g/mol. The van der Waals surface area contributed by atoms with Gasteiger partial charge in [-0.2, -0.15) is 0 Å². The van der Waals surface area contributed by atoms with Crippen LogP contribution in [0.3, 0.4) is 0 Å². The molecule has 1 aliphatic rings. The molecule has 2 aromatic rings. The first-order valence-electron chi connectivity index (χ1n) is 13.0. The first kappa shape index (κ1) is 26.7. The third kappa shape index (κ3) is 8.70. The Hall–Kier alpha value is -2.86. The Kier molecular flexibility index (Phi) is 10.6. The maximum absolute atomic E-state index is 13.2. The lowest BCUT2D eigenvalue weighted by Gasteiger charge is -2.35. The lowest BCUT2D eigenvalue weighted by atomic mass is 9.89. The van der Waals surface area contributed by atoms with Gasteiger partial charge >= 0.3 is 0 Å². The number of anilines is 2. The highest BCUT2D eigenvalue weighted by Gasteiger charge is 2.24. The molecular weight excluding hydrogens is 438 g/mol. The Bertz CT molecular complexity index is 937. The summed E-state index contributed by atoms with van der Waals surface area (Å²) >= 11 is 0. The number of amides is 2. The summed E-state index contributed by atoms with van der Waals surface area (Å²) in [6, 6.07) is 16.4. The summed E-state index contributed by atoms with van der Waals surface area (Å²) in [4.78, 5) is 27.8. The van der Waals surface area contributed by atoms with E-state index in [1.54, 1.807) is 0 Å². The van der Waals surface area contributed by atoms with Crippen LogP contribution >= 0.6 is 0 Å². The van der Waals surface area contributed by atoms with E-state index in [0.29, 0.717) is 43.3 Å². The molecule has 1 saturated heterocycles. The summed E-state index contributed by atoms with van der Waals surface area (Å²) < 4.78 is 5.38. The van der Waals surface area contributed by atoms with E-state index in [4.69, 9.17) is 4.74 Å². The molecule has 6 nitrogen and oxygen atoms in total. The molecule has 1 fully saturated rings. The van der Waals surface area contributed by atoms with E-state index in [2.05, 4.69) is 45.9 Å². The molecule has 0 unspecified atom stereocenters. The molecule has 0 aliphatic carbocycles. The van der Waals surface area contributed by atoms with Crippen LogP contribution in [0.15, 0.2) is 48.5 Å². The van der Waals surface area contributed by atoms with Crippen LogP contribution in [0.2, 0.25) is 0 Å². The molecule has 35 heavy (non-hydrogen) atoms. The Morgan fingerprint density at radius 1 is 1.09 bits per heavy atom. The van der Waals surface area contributed by atoms with Gasteiger partial charge in [-0.3, -0.25) is 9.59 Å². The number of hydrogen-bond acceptors (Lipinski definition) is 4. The minimum atomic E-state index is -0.108. The molecule has 1 aliphatic heterocycles. The summed E-state index contributed by atoms with van der Waals surface area (Å²) in [5, 5.41) is 5.99. The predicted octanol–water partition coefficient (Wildman–Crippen LogP) is 5.29. The smallest absolute Gasteiger partial charge is 0.253 e. The minimum absolute atomic E-state index is 0.0300. The number of nitrogens with one attached hydrogen (secondary N) is 2. The SMILES string of the molecule is CCOCCCNC(=O)c1cc(NC(=O)CC(C)C)ccc1N1CCC(Cc2ccccc2)CC1. The van der Waals surface area contributed by atoms with Gasteiger partial charge in [-0.05, 0) is 68.2 Å². The lowest BCUT2D eigenvalue weighted by Crippen LogP contribution is -2.36. The van der Waals surface area contributed by atoms with Crippen molar-refractivity contribution in [2.75, 3.05) is 43.1 Å². The number of carbonyl (C=O) groups is 2. The Labute approximate surface area is 210 Å². The van der Waals surface area contributed by atoms with Crippen LogP contribution in [-0.4, -0.2) is 44.7 Å². The van der Waals surface area contributed by atoms with E-state index in [1.165, 1.54) is 5.56 Å². The van der Waals surface area contributed by atoms with Crippen LogP contribution in [0.1, 0.15) is 62.4 Å². The molecule has 190 valence electrons. The summed E-state index contributed by atoms with van der Waals surface area (Å²) in [6.45, 7) is 9.70. The van der Waals surface area contributed by atoms with Crippen LogP contribution in [0.4, 0.5) is 11.4 Å². The van der Waals surface area contributed by atoms with E-state index >= 15 is 0 Å². The van der Waals surface area contributed by atoms with Gasteiger partial charge in [0.15, 0.2) is 0 Å². The molecule has 0 bridgehead atoms. The van der Waals surface area contributed by atoms with Crippen LogP contribution < -0.4 is 15.5 Å². The van der Waals surface area contributed by atoms with Gasteiger partial charge in [-0.15, -0.1) is 0 Å². The second-order valence-corrected chi connectivity index (χ2v) is 9.80. The van der Waals surface area contributed by atoms with Crippen molar-refractivity contribution >= 4 is 23.2 Å². The van der Waals surface area contributed by atoms with Gasteiger partial charge < -0.3 is 20.3 Å². The molecule has 2 N–H and O–H groups in total. The average molecular weight is 480 g/mol. The van der Waals surface area contributed by atoms with E-state index in [9.17, 15) is 9.59 Å². The first-order valence-corrected chi connectivity index (χ1v) is 13.0. The van der Waals surface area contributed by atoms with Crippen LogP contribution in [-0.2, 0) is 16.0 Å². The normalized spacial score (nSPS) is 14.2. The summed E-state index contributed by atoms with van der Waals surface area (Å²) in [5.41, 5.74) is 3.61. The second kappa shape index (κ2) is 13.9. The molecule has 2 aromatic carbocycles. The third-order valence-corrected chi connectivity index (χ3v) is 6.40. The summed E-state index contributed by atoms with van der Waals surface area (Å²) in [5.74, 6) is 0.791. The molecule has 6 heteroatoms. The fraction of sp³-hybridized carbons (Fsp3) is 0.517. The largest absolute Gasteiger partial charge is 0.382 e. The van der Waals surface area contributed by atoms with E-state index < -0.39 is 0 Å². The summed E-state index contributed by atoms with van der Waals surface area (Å²) in [7, 11) is 0. The third-order valence-electron chi connectivity index (χ3n) is 6.40. The fourth-order valence-electron chi connectivity index (χ4n) is 4.60. The van der Waals surface area contributed by atoms with Gasteiger partial charge in [-0.25, -0.2) is 0 Å². The Balaban J connectivity index is 1.68. The Morgan fingerprint density at radius 3 is 2.51 bits per heavy atom. The van der Waals surface area contributed by atoms with Gasteiger partial charge in [-0.1, -0.05) is 44.2 Å². The molecule has 0 radical (unpaired) electrons. The fourth-order valence-corrected chi connectivity index (χ4v) is 4.60. The van der Waals surface area contributed by atoms with Crippen molar-refractivity contribution < 1.29 is 14.3 Å². The zero-order valence-electron chi connectivity index (χ0n) is 21.5. The molecule has 0 saturated carbocycles. The lowest BCUT2D eigenvalue weighted by molar-refractivity contribution is -0.116. The maximum Gasteiger partial charge on any atom is 0.253 e. The number of carbonyl (C=O) groups excluding carboxylic acids is 2. The van der Waals surface area contributed by atoms with Crippen molar-refractivity contribution in [2.45, 2.75) is 52.9 Å². The number of hydrogen-bond donors (Lipinski definition) is 2. The van der Waals surface area contributed by atoms with Crippen LogP contribution in [0.25, 0.3) is 0 Å². The van der Waals surface area contributed by atoms with Crippen molar-refractivity contribution in [3.05, 3.63) is 59.7 Å². The molecule has 0 spiro atoms. The molecule has 3 rings (SSSR count). The van der Waals surface area contributed by atoms with Crippen molar-refractivity contribution in [1.82, 2.24) is 5.32 Å². The molecule has 1 heterocycles. The zero-order valence-corrected chi connectivity index (χ0v) is 21.5. The highest BCUT2D eigenvalue weighted by molar-refractivity contribution is 6.02. The minimum Gasteiger partial charge on any atom is -0.382 e. The number of ether oxygens (including phenoxy) is 1. The van der Waals surface area contributed by atoms with E-state index in [0.717, 1.165) is 44.5 Å². The predicted molar refractivity (Wildman–Crippen MR) is 143 cm³/mol. The number of rotatable bonds is 12. The second-order valence-electron chi connectivity index (χ2n) is 9.80. The van der Waals surface area contributed by atoms with Crippen molar-refractivity contribution in [1.29, 1.82) is 0 Å². The standard InChI is InChI=1S/C29H41N3O3/c1-4-35-18-8-15-30-29(34)26-21-25(31-28(33)19-22(2)3)11-12-27(26)32-16-13-24(14-17-32)20-23-9-6-5-7-10-23/h5-7,9-12,21-22,24H,4,8,13-20H2,1-3H3,(H,30,34)(H,31,33). The van der Waals surface area contributed by atoms with E-state index in [-0.39, 0.29) is 17.7 Å². The van der Waals surface area contributed by atoms with Crippen molar-refractivity contribution in [3.8, 4) is 0 Å². The number of benzene rings is 2. The summed E-state index contributed by atoms with van der Waals surface area (Å²) in [6.07, 6.45) is 4.51. The highest BCUT2D eigenvalue weighted by atomic mass is 16.5. The van der Waals surface area contributed by atoms with Crippen LogP contribution in [0, 0.1) is 11.8 Å². The van der Waals surface area contributed by atoms with Gasteiger partial charge in [0.25, 0.3) is 5.91 Å². The topological polar surface area (TPSA) is 70.7 Å². The Morgan fingerprint density at radius 2 is 1.83 bits per heavy atom. The number of nitrogens with zero attached hydrogens (tertiary/aromatic N) is 1. The molecule has 0 aromatic heterocycles. The average Bonchev–Trinajstić information content (AvgIpc) is 2.84. The van der Waals surface area contributed by atoms with Gasteiger partial charge in [0.1, 0.15) is 0 Å². The van der Waals surface area contributed by atoms with Gasteiger partial charge in [0, 0.05) is 50.6 Å². The first-order chi connectivity index (χ1) is 17.0. The van der Waals surface area contributed by atoms with Crippen molar-refractivity contribution in [2.24, 2.45) is 11.8 Å².